The van der Waals surface area contributed by atoms with E-state index >= 15 is 0 Å². The van der Waals surface area contributed by atoms with Crippen molar-refractivity contribution in [2.24, 2.45) is 5.92 Å². The van der Waals surface area contributed by atoms with Crippen molar-refractivity contribution in [3.8, 4) is 5.75 Å². The van der Waals surface area contributed by atoms with Crippen molar-refractivity contribution in [1.29, 1.82) is 0 Å². The molecule has 0 aromatic heterocycles. The molecule has 1 heterocycles. The third-order valence-corrected chi connectivity index (χ3v) is 5.12. The molecular formula is C19H29N3O3. The first-order valence-electron chi connectivity index (χ1n) is 9.22. The Balaban J connectivity index is 1.33. The average Bonchev–Trinajstić information content (AvgIpc) is 3.48. The SMILES string of the molecule is COc1ccc(CCNC(=O)N2CCN(CC(O)C3CC3)CC2)cc1. The van der Waals surface area contributed by atoms with Crippen molar-refractivity contribution < 1.29 is 14.6 Å². The number of piperazine rings is 1. The largest absolute Gasteiger partial charge is 0.497 e. The first-order chi connectivity index (χ1) is 12.2. The zero-order valence-electron chi connectivity index (χ0n) is 15.0. The molecule has 1 atom stereocenters. The van der Waals surface area contributed by atoms with E-state index in [0.29, 0.717) is 12.5 Å². The zero-order valence-corrected chi connectivity index (χ0v) is 15.0. The number of hydrogen-bond donors (Lipinski definition) is 2. The number of β-amino-alcohol motifs (C(OH)–C–C–N with tert-alkyl or cyclic N) is 1. The van der Waals surface area contributed by atoms with E-state index in [1.807, 2.05) is 29.2 Å². The van der Waals surface area contributed by atoms with Crippen LogP contribution in [0, 0.1) is 5.92 Å². The molecule has 1 aliphatic carbocycles. The van der Waals surface area contributed by atoms with E-state index in [1.165, 1.54) is 5.56 Å². The monoisotopic (exact) mass is 347 g/mol. The standard InChI is InChI=1S/C19H29N3O3/c1-25-17-6-2-15(3-7-17)8-9-20-19(24)22-12-10-21(11-13-22)14-18(23)16-4-5-16/h2-3,6-7,16,18,23H,4-5,8-14H2,1H3,(H,20,24). The summed E-state index contributed by atoms with van der Waals surface area (Å²) in [4.78, 5) is 16.4. The Morgan fingerprint density at radius 3 is 2.52 bits per heavy atom. The van der Waals surface area contributed by atoms with E-state index in [2.05, 4.69) is 10.2 Å². The summed E-state index contributed by atoms with van der Waals surface area (Å²) in [5.74, 6) is 1.36. The van der Waals surface area contributed by atoms with Crippen molar-refractivity contribution in [3.63, 3.8) is 0 Å². The van der Waals surface area contributed by atoms with Crippen LogP contribution in [0.3, 0.4) is 0 Å². The average molecular weight is 347 g/mol. The van der Waals surface area contributed by atoms with Crippen LogP contribution in [0.1, 0.15) is 18.4 Å². The van der Waals surface area contributed by atoms with Crippen LogP contribution in [0.4, 0.5) is 4.79 Å². The number of hydrogen-bond acceptors (Lipinski definition) is 4. The van der Waals surface area contributed by atoms with Crippen LogP contribution in [0.5, 0.6) is 5.75 Å². The lowest BCUT2D eigenvalue weighted by Crippen LogP contribution is -2.53. The van der Waals surface area contributed by atoms with Gasteiger partial charge >= 0.3 is 6.03 Å². The van der Waals surface area contributed by atoms with Gasteiger partial charge in [-0.05, 0) is 42.9 Å². The molecular weight excluding hydrogens is 318 g/mol. The van der Waals surface area contributed by atoms with Crippen molar-refractivity contribution in [2.75, 3.05) is 46.4 Å². The van der Waals surface area contributed by atoms with Gasteiger partial charge < -0.3 is 20.1 Å². The Labute approximate surface area is 149 Å². The molecule has 138 valence electrons. The van der Waals surface area contributed by atoms with Gasteiger partial charge in [0, 0.05) is 39.3 Å². The van der Waals surface area contributed by atoms with E-state index in [1.54, 1.807) is 7.11 Å². The van der Waals surface area contributed by atoms with Gasteiger partial charge in [-0.1, -0.05) is 12.1 Å². The van der Waals surface area contributed by atoms with Crippen LogP contribution < -0.4 is 10.1 Å². The highest BCUT2D eigenvalue weighted by molar-refractivity contribution is 5.74. The van der Waals surface area contributed by atoms with E-state index in [0.717, 1.165) is 57.7 Å². The molecule has 2 amide bonds. The smallest absolute Gasteiger partial charge is 0.317 e. The summed E-state index contributed by atoms with van der Waals surface area (Å²) < 4.78 is 5.14. The van der Waals surface area contributed by atoms with Gasteiger partial charge in [-0.2, -0.15) is 0 Å². The number of amides is 2. The number of carbonyl (C=O) groups is 1. The van der Waals surface area contributed by atoms with E-state index < -0.39 is 0 Å². The molecule has 2 fully saturated rings. The highest BCUT2D eigenvalue weighted by Crippen LogP contribution is 2.32. The van der Waals surface area contributed by atoms with Gasteiger partial charge in [-0.25, -0.2) is 4.79 Å². The normalized spacial score (nSPS) is 19.5. The Bertz CT molecular complexity index is 552. The number of aliphatic hydroxyl groups excluding tert-OH is 1. The first kappa shape index (κ1) is 18.0. The van der Waals surface area contributed by atoms with E-state index in [9.17, 15) is 9.90 Å². The lowest BCUT2D eigenvalue weighted by Gasteiger charge is -2.35. The first-order valence-corrected chi connectivity index (χ1v) is 9.22. The van der Waals surface area contributed by atoms with Crippen molar-refractivity contribution in [1.82, 2.24) is 15.1 Å². The fraction of sp³-hybridized carbons (Fsp3) is 0.632. The minimum Gasteiger partial charge on any atom is -0.497 e. The van der Waals surface area contributed by atoms with Crippen LogP contribution in [-0.4, -0.2) is 73.4 Å². The lowest BCUT2D eigenvalue weighted by atomic mass is 10.1. The summed E-state index contributed by atoms with van der Waals surface area (Å²) >= 11 is 0. The quantitative estimate of drug-likeness (QED) is 0.781. The predicted octanol–water partition coefficient (Wildman–Crippen LogP) is 1.34. The fourth-order valence-corrected chi connectivity index (χ4v) is 3.25. The molecule has 25 heavy (non-hydrogen) atoms. The summed E-state index contributed by atoms with van der Waals surface area (Å²) in [7, 11) is 1.65. The molecule has 0 bridgehead atoms. The molecule has 0 spiro atoms. The third-order valence-electron chi connectivity index (χ3n) is 5.12. The van der Waals surface area contributed by atoms with E-state index in [4.69, 9.17) is 4.74 Å². The number of aliphatic hydroxyl groups is 1. The Hall–Kier alpha value is -1.79. The number of nitrogens with one attached hydrogen (secondary N) is 1. The van der Waals surface area contributed by atoms with Gasteiger partial charge in [0.25, 0.3) is 0 Å². The Morgan fingerprint density at radius 1 is 1.24 bits per heavy atom. The van der Waals surface area contributed by atoms with Crippen LogP contribution in [0.25, 0.3) is 0 Å². The zero-order chi connectivity index (χ0) is 17.6. The maximum absolute atomic E-state index is 12.3. The summed E-state index contributed by atoms with van der Waals surface area (Å²) in [5, 5.41) is 13.0. The minimum absolute atomic E-state index is 0.0101. The topological polar surface area (TPSA) is 65.0 Å². The van der Waals surface area contributed by atoms with Crippen molar-refractivity contribution in [3.05, 3.63) is 29.8 Å². The number of carbonyl (C=O) groups excluding carboxylic acids is 1. The summed E-state index contributed by atoms with van der Waals surface area (Å²) in [6.45, 7) is 4.52. The summed E-state index contributed by atoms with van der Waals surface area (Å²) in [6.07, 6.45) is 2.95. The second-order valence-corrected chi connectivity index (χ2v) is 7.02. The Kier molecular flexibility index (Phi) is 6.15. The molecule has 2 N–H and O–H groups in total. The highest BCUT2D eigenvalue weighted by atomic mass is 16.5. The predicted molar refractivity (Wildman–Crippen MR) is 96.8 cm³/mol. The van der Waals surface area contributed by atoms with Gasteiger partial charge in [-0.15, -0.1) is 0 Å². The molecule has 6 heteroatoms. The number of rotatable bonds is 7. The van der Waals surface area contributed by atoms with Crippen molar-refractivity contribution >= 4 is 6.03 Å². The molecule has 1 aromatic rings. The molecule has 1 unspecified atom stereocenters. The van der Waals surface area contributed by atoms with Gasteiger partial charge in [0.1, 0.15) is 5.75 Å². The number of nitrogens with zero attached hydrogens (tertiary/aromatic N) is 2. The maximum atomic E-state index is 12.3. The fourth-order valence-electron chi connectivity index (χ4n) is 3.25. The third kappa shape index (κ3) is 5.34. The van der Waals surface area contributed by atoms with E-state index in [-0.39, 0.29) is 12.1 Å². The second kappa shape index (κ2) is 8.54. The summed E-state index contributed by atoms with van der Waals surface area (Å²) in [5.41, 5.74) is 1.18. The number of urea groups is 1. The van der Waals surface area contributed by atoms with Gasteiger partial charge in [0.15, 0.2) is 0 Å². The van der Waals surface area contributed by atoms with Crippen LogP contribution in [-0.2, 0) is 6.42 Å². The molecule has 1 saturated carbocycles. The van der Waals surface area contributed by atoms with Crippen LogP contribution in [0.2, 0.25) is 0 Å². The van der Waals surface area contributed by atoms with Gasteiger partial charge in [0.2, 0.25) is 0 Å². The molecule has 6 nitrogen and oxygen atoms in total. The molecule has 3 rings (SSSR count). The number of ether oxygens (including phenoxy) is 1. The molecule has 1 aliphatic heterocycles. The maximum Gasteiger partial charge on any atom is 0.317 e. The highest BCUT2D eigenvalue weighted by Gasteiger charge is 2.32. The second-order valence-electron chi connectivity index (χ2n) is 7.02. The molecule has 1 aromatic carbocycles. The van der Waals surface area contributed by atoms with Crippen molar-refractivity contribution in [2.45, 2.75) is 25.4 Å². The summed E-state index contributed by atoms with van der Waals surface area (Å²) in [6, 6.07) is 7.93. The van der Waals surface area contributed by atoms with Crippen LogP contribution >= 0.6 is 0 Å². The molecule has 2 aliphatic rings. The number of benzene rings is 1. The van der Waals surface area contributed by atoms with Crippen LogP contribution in [0.15, 0.2) is 24.3 Å². The van der Waals surface area contributed by atoms with Gasteiger partial charge in [0.05, 0.1) is 13.2 Å². The number of methoxy groups -OCH3 is 1. The lowest BCUT2D eigenvalue weighted by molar-refractivity contribution is 0.0697. The van der Waals surface area contributed by atoms with Gasteiger partial charge in [-0.3, -0.25) is 4.90 Å². The Morgan fingerprint density at radius 2 is 1.92 bits per heavy atom. The molecule has 1 saturated heterocycles. The minimum atomic E-state index is -0.190. The molecule has 0 radical (unpaired) electrons.